The fraction of sp³-hybridized carbons (Fsp3) is 0.455. The van der Waals surface area contributed by atoms with E-state index in [2.05, 4.69) is 10.3 Å². The SMILES string of the molecule is CC(=O)OCC(=O)N[C@@H]1CCN(c2nc(OCc3ccc(F)cc3F)c(Cl)c(=O)n2C(C)C)C1. The Morgan fingerprint density at radius 1 is 1.32 bits per heavy atom. The smallest absolute Gasteiger partial charge is 0.303 e. The molecule has 2 heterocycles. The molecule has 0 radical (unpaired) electrons. The highest BCUT2D eigenvalue weighted by Crippen LogP contribution is 2.27. The molecule has 1 aromatic carbocycles. The monoisotopic (exact) mass is 498 g/mol. The normalized spacial score (nSPS) is 15.5. The van der Waals surface area contributed by atoms with E-state index in [1.54, 1.807) is 18.7 Å². The van der Waals surface area contributed by atoms with Crippen LogP contribution in [0.2, 0.25) is 5.02 Å². The second-order valence-electron chi connectivity index (χ2n) is 8.10. The number of nitrogens with one attached hydrogen (secondary N) is 1. The van der Waals surface area contributed by atoms with Crippen molar-refractivity contribution in [2.45, 2.75) is 45.9 Å². The second-order valence-corrected chi connectivity index (χ2v) is 8.48. The predicted molar refractivity (Wildman–Crippen MR) is 120 cm³/mol. The Hall–Kier alpha value is -3.21. The Morgan fingerprint density at radius 3 is 2.71 bits per heavy atom. The number of amides is 1. The Balaban J connectivity index is 1.81. The van der Waals surface area contributed by atoms with Gasteiger partial charge in [0.1, 0.15) is 18.2 Å². The summed E-state index contributed by atoms with van der Waals surface area (Å²) in [4.78, 5) is 42.1. The van der Waals surface area contributed by atoms with Crippen LogP contribution in [0, 0.1) is 11.6 Å². The van der Waals surface area contributed by atoms with Crippen molar-refractivity contribution in [3.05, 3.63) is 50.8 Å². The first-order valence-electron chi connectivity index (χ1n) is 10.6. The topological polar surface area (TPSA) is 103 Å². The molecule has 0 saturated carbocycles. The van der Waals surface area contributed by atoms with Crippen LogP contribution in [0.3, 0.4) is 0 Å². The molecular formula is C22H25ClF2N4O5. The molecule has 1 aliphatic rings. The van der Waals surface area contributed by atoms with Gasteiger partial charge in [-0.3, -0.25) is 19.0 Å². The van der Waals surface area contributed by atoms with E-state index in [0.717, 1.165) is 12.1 Å². The molecule has 0 spiro atoms. The Bertz CT molecular complexity index is 1140. The van der Waals surface area contributed by atoms with E-state index in [0.29, 0.717) is 19.5 Å². The number of rotatable bonds is 8. The maximum atomic E-state index is 14.0. The summed E-state index contributed by atoms with van der Waals surface area (Å²) in [5.74, 6) is -2.39. The van der Waals surface area contributed by atoms with Crippen molar-refractivity contribution in [1.82, 2.24) is 14.9 Å². The van der Waals surface area contributed by atoms with Crippen LogP contribution in [-0.2, 0) is 20.9 Å². The molecule has 0 unspecified atom stereocenters. The maximum Gasteiger partial charge on any atom is 0.303 e. The van der Waals surface area contributed by atoms with Gasteiger partial charge < -0.3 is 19.7 Å². The third-order valence-electron chi connectivity index (χ3n) is 5.15. The number of anilines is 1. The Morgan fingerprint density at radius 2 is 2.06 bits per heavy atom. The van der Waals surface area contributed by atoms with Crippen LogP contribution in [0.15, 0.2) is 23.0 Å². The summed E-state index contributed by atoms with van der Waals surface area (Å²) in [6.07, 6.45) is 0.569. The Labute approximate surface area is 199 Å². The lowest BCUT2D eigenvalue weighted by Gasteiger charge is -2.25. The minimum Gasteiger partial charge on any atom is -0.471 e. The molecule has 12 heteroatoms. The minimum absolute atomic E-state index is 0.0746. The Kier molecular flexibility index (Phi) is 8.08. The lowest BCUT2D eigenvalue weighted by Crippen LogP contribution is -2.40. The highest BCUT2D eigenvalue weighted by atomic mass is 35.5. The van der Waals surface area contributed by atoms with Gasteiger partial charge in [-0.25, -0.2) is 8.78 Å². The standard InChI is InChI=1S/C22H25ClF2N4O5/c1-12(2)29-21(32)19(23)20(34-10-14-4-5-15(24)8-17(14)25)27-22(29)28-7-6-16(9-28)26-18(31)11-33-13(3)30/h4-5,8,12,16H,6-7,9-11H2,1-3H3,(H,26,31)/t16-/m1/s1. The van der Waals surface area contributed by atoms with E-state index in [-0.39, 0.29) is 47.7 Å². The number of aromatic nitrogens is 2. The summed E-state index contributed by atoms with van der Waals surface area (Å²) in [5.41, 5.74) is -0.454. The summed E-state index contributed by atoms with van der Waals surface area (Å²) in [5, 5.41) is 2.52. The van der Waals surface area contributed by atoms with E-state index >= 15 is 0 Å². The van der Waals surface area contributed by atoms with Crippen molar-refractivity contribution < 1.29 is 27.8 Å². The molecule has 184 valence electrons. The number of hydrogen-bond acceptors (Lipinski definition) is 7. The average molecular weight is 499 g/mol. The molecule has 0 aliphatic carbocycles. The molecule has 1 N–H and O–H groups in total. The molecule has 1 aromatic heterocycles. The van der Waals surface area contributed by atoms with Gasteiger partial charge in [0.15, 0.2) is 11.6 Å². The molecule has 1 aliphatic heterocycles. The zero-order chi connectivity index (χ0) is 25.0. The van der Waals surface area contributed by atoms with Crippen LogP contribution in [0.5, 0.6) is 5.88 Å². The highest BCUT2D eigenvalue weighted by Gasteiger charge is 2.29. The first-order chi connectivity index (χ1) is 16.1. The summed E-state index contributed by atoms with van der Waals surface area (Å²) in [6.45, 7) is 4.95. The summed E-state index contributed by atoms with van der Waals surface area (Å²) >= 11 is 6.22. The number of esters is 1. The van der Waals surface area contributed by atoms with Crippen LogP contribution in [0.4, 0.5) is 14.7 Å². The van der Waals surface area contributed by atoms with Crippen LogP contribution in [-0.4, -0.2) is 47.2 Å². The van der Waals surface area contributed by atoms with Gasteiger partial charge in [0.25, 0.3) is 11.5 Å². The minimum atomic E-state index is -0.793. The number of benzene rings is 1. The molecule has 1 atom stereocenters. The lowest BCUT2D eigenvalue weighted by atomic mass is 10.2. The van der Waals surface area contributed by atoms with E-state index in [1.807, 2.05) is 0 Å². The van der Waals surface area contributed by atoms with Crippen molar-refractivity contribution >= 4 is 29.4 Å². The van der Waals surface area contributed by atoms with Crippen LogP contribution in [0.25, 0.3) is 0 Å². The zero-order valence-electron chi connectivity index (χ0n) is 18.9. The van der Waals surface area contributed by atoms with Crippen LogP contribution in [0.1, 0.15) is 38.8 Å². The molecule has 1 fully saturated rings. The van der Waals surface area contributed by atoms with Gasteiger partial charge in [-0.15, -0.1) is 0 Å². The van der Waals surface area contributed by atoms with Gasteiger partial charge in [-0.05, 0) is 32.4 Å². The molecule has 1 amide bonds. The van der Waals surface area contributed by atoms with Crippen molar-refractivity contribution in [3.63, 3.8) is 0 Å². The fourth-order valence-electron chi connectivity index (χ4n) is 3.55. The third kappa shape index (κ3) is 6.02. The summed E-state index contributed by atoms with van der Waals surface area (Å²) < 4.78 is 38.8. The number of halogens is 3. The molecule has 1 saturated heterocycles. The maximum absolute atomic E-state index is 14.0. The van der Waals surface area contributed by atoms with Gasteiger partial charge in [0, 0.05) is 43.7 Å². The second kappa shape index (κ2) is 10.8. The van der Waals surface area contributed by atoms with Gasteiger partial charge in [0.05, 0.1) is 0 Å². The molecule has 9 nitrogen and oxygen atoms in total. The fourth-order valence-corrected chi connectivity index (χ4v) is 3.73. The number of carbonyl (C=O) groups excluding carboxylic acids is 2. The largest absolute Gasteiger partial charge is 0.471 e. The number of carbonyl (C=O) groups is 2. The van der Waals surface area contributed by atoms with Gasteiger partial charge >= 0.3 is 5.97 Å². The lowest BCUT2D eigenvalue weighted by molar-refractivity contribution is -0.146. The van der Waals surface area contributed by atoms with Crippen LogP contribution < -0.4 is 20.5 Å². The molecule has 34 heavy (non-hydrogen) atoms. The molecule has 3 rings (SSSR count). The first kappa shape index (κ1) is 25.4. The van der Waals surface area contributed by atoms with E-state index < -0.39 is 29.1 Å². The van der Waals surface area contributed by atoms with Crippen LogP contribution >= 0.6 is 11.6 Å². The molecule has 0 bridgehead atoms. The van der Waals surface area contributed by atoms with Crippen molar-refractivity contribution in [1.29, 1.82) is 0 Å². The number of ether oxygens (including phenoxy) is 2. The van der Waals surface area contributed by atoms with Gasteiger partial charge in [0.2, 0.25) is 11.8 Å². The van der Waals surface area contributed by atoms with Crippen molar-refractivity contribution in [3.8, 4) is 5.88 Å². The zero-order valence-corrected chi connectivity index (χ0v) is 19.7. The third-order valence-corrected chi connectivity index (χ3v) is 5.47. The summed E-state index contributed by atoms with van der Waals surface area (Å²) in [7, 11) is 0. The molecular weight excluding hydrogens is 474 g/mol. The average Bonchev–Trinajstić information content (AvgIpc) is 3.22. The van der Waals surface area contributed by atoms with E-state index in [9.17, 15) is 23.2 Å². The quantitative estimate of drug-likeness (QED) is 0.558. The van der Waals surface area contributed by atoms with E-state index in [4.69, 9.17) is 21.1 Å². The number of nitrogens with zero attached hydrogens (tertiary/aromatic N) is 3. The van der Waals surface area contributed by atoms with E-state index in [1.165, 1.54) is 17.6 Å². The number of hydrogen-bond donors (Lipinski definition) is 1. The highest BCUT2D eigenvalue weighted by molar-refractivity contribution is 6.31. The van der Waals surface area contributed by atoms with Crippen molar-refractivity contribution in [2.24, 2.45) is 0 Å². The van der Waals surface area contributed by atoms with Crippen molar-refractivity contribution in [2.75, 3.05) is 24.6 Å². The van der Waals surface area contributed by atoms with Gasteiger partial charge in [-0.2, -0.15) is 4.98 Å². The first-order valence-corrected chi connectivity index (χ1v) is 11.0. The van der Waals surface area contributed by atoms with Gasteiger partial charge in [-0.1, -0.05) is 11.6 Å². The predicted octanol–water partition coefficient (Wildman–Crippen LogP) is 2.59. The summed E-state index contributed by atoms with van der Waals surface area (Å²) in [6, 6.07) is 2.52. The molecule has 2 aromatic rings.